The Kier molecular flexibility index (Phi) is 10.9. The Bertz CT molecular complexity index is 739. The number of amides is 4. The number of carboxylic acid groups (broad SMARTS) is 1. The van der Waals surface area contributed by atoms with Gasteiger partial charge in [-0.2, -0.15) is 0 Å². The van der Waals surface area contributed by atoms with Crippen molar-refractivity contribution in [3.05, 3.63) is 0 Å². The van der Waals surface area contributed by atoms with Gasteiger partial charge < -0.3 is 43.6 Å². The van der Waals surface area contributed by atoms with Crippen LogP contribution < -0.4 is 33.6 Å². The Morgan fingerprint density at radius 1 is 1.06 bits per heavy atom. The second kappa shape index (κ2) is 13.1. The largest absolute Gasteiger partial charge is 0.480 e. The maximum absolute atomic E-state index is 13.0. The average Bonchev–Trinajstić information content (AvgIpc) is 3.21. The predicted molar refractivity (Wildman–Crippen MR) is 114 cm³/mol. The number of nitrogens with one attached hydrogen (secondary N) is 2. The van der Waals surface area contributed by atoms with E-state index in [1.807, 2.05) is 0 Å². The van der Waals surface area contributed by atoms with Gasteiger partial charge in [-0.1, -0.05) is 0 Å². The molecule has 1 heterocycles. The van der Waals surface area contributed by atoms with E-state index in [-0.39, 0.29) is 44.9 Å². The maximum Gasteiger partial charge on any atom is 0.326 e. The Labute approximate surface area is 185 Å². The number of carboxylic acids is 1. The van der Waals surface area contributed by atoms with Gasteiger partial charge in [0.25, 0.3) is 0 Å². The number of hydrogen-bond donors (Lipinski definition) is 7. The van der Waals surface area contributed by atoms with Crippen molar-refractivity contribution in [2.24, 2.45) is 27.9 Å². The second-order valence-electron chi connectivity index (χ2n) is 7.37. The first-order valence-corrected chi connectivity index (χ1v) is 10.2. The summed E-state index contributed by atoms with van der Waals surface area (Å²) in [6, 6.07) is -3.17. The normalized spacial score (nSPS) is 17.2. The Morgan fingerprint density at radius 3 is 2.31 bits per heavy atom. The molecule has 0 aromatic rings. The zero-order chi connectivity index (χ0) is 24.3. The van der Waals surface area contributed by atoms with Crippen molar-refractivity contribution in [2.45, 2.75) is 56.7 Å². The molecule has 0 bridgehead atoms. The third-order valence-electron chi connectivity index (χ3n) is 4.90. The number of rotatable bonds is 13. The van der Waals surface area contributed by atoms with Crippen LogP contribution in [0, 0.1) is 0 Å². The molecule has 3 atom stereocenters. The minimum Gasteiger partial charge on any atom is -0.480 e. The minimum absolute atomic E-state index is 0.0483. The van der Waals surface area contributed by atoms with Crippen LogP contribution in [0.15, 0.2) is 4.99 Å². The van der Waals surface area contributed by atoms with Crippen molar-refractivity contribution in [3.8, 4) is 0 Å². The molecule has 0 aromatic carbocycles. The number of nitrogens with two attached hydrogens (primary N) is 4. The van der Waals surface area contributed by atoms with Gasteiger partial charge in [0.1, 0.15) is 18.1 Å². The van der Waals surface area contributed by atoms with Crippen LogP contribution in [0.5, 0.6) is 0 Å². The molecule has 2 unspecified atom stereocenters. The van der Waals surface area contributed by atoms with Gasteiger partial charge in [-0.05, 0) is 32.1 Å². The first kappa shape index (κ1) is 26.6. The van der Waals surface area contributed by atoms with Crippen molar-refractivity contribution >= 4 is 35.6 Å². The summed E-state index contributed by atoms with van der Waals surface area (Å²) >= 11 is 0. The molecule has 1 aliphatic heterocycles. The lowest BCUT2D eigenvalue weighted by molar-refractivity contribution is -0.145. The Morgan fingerprint density at radius 2 is 1.75 bits per heavy atom. The van der Waals surface area contributed by atoms with Crippen LogP contribution in [0.1, 0.15) is 38.5 Å². The number of likely N-dealkylation sites (tertiary alicyclic amines) is 1. The van der Waals surface area contributed by atoms with Crippen molar-refractivity contribution < 1.29 is 29.1 Å². The van der Waals surface area contributed by atoms with E-state index in [0.717, 1.165) is 0 Å². The first-order chi connectivity index (χ1) is 15.1. The first-order valence-electron chi connectivity index (χ1n) is 10.2. The van der Waals surface area contributed by atoms with E-state index in [2.05, 4.69) is 15.6 Å². The molecule has 1 rings (SSSR count). The Hall–Kier alpha value is -3.42. The van der Waals surface area contributed by atoms with Crippen LogP contribution in [0.4, 0.5) is 0 Å². The fourth-order valence-electron chi connectivity index (χ4n) is 3.33. The quantitative estimate of drug-likeness (QED) is 0.0817. The van der Waals surface area contributed by atoms with E-state index in [1.54, 1.807) is 0 Å². The highest BCUT2D eigenvalue weighted by atomic mass is 16.4. The van der Waals surface area contributed by atoms with Gasteiger partial charge in [-0.15, -0.1) is 0 Å². The molecule has 1 aliphatic rings. The van der Waals surface area contributed by atoms with E-state index < -0.39 is 47.7 Å². The molecule has 14 heteroatoms. The number of primary amides is 1. The lowest BCUT2D eigenvalue weighted by Crippen LogP contribution is -2.55. The van der Waals surface area contributed by atoms with Gasteiger partial charge in [-0.25, -0.2) is 4.79 Å². The number of aliphatic imine (C=N–C) groups is 1. The number of hydrogen-bond acceptors (Lipinski definition) is 7. The molecule has 0 radical (unpaired) electrons. The highest BCUT2D eigenvalue weighted by Gasteiger charge is 2.38. The molecular weight excluding hydrogens is 424 g/mol. The third-order valence-corrected chi connectivity index (χ3v) is 4.90. The van der Waals surface area contributed by atoms with Crippen molar-refractivity contribution in [1.82, 2.24) is 15.5 Å². The lowest BCUT2D eigenvalue weighted by atomic mass is 10.1. The van der Waals surface area contributed by atoms with Crippen molar-refractivity contribution in [1.29, 1.82) is 0 Å². The minimum atomic E-state index is -1.23. The van der Waals surface area contributed by atoms with Gasteiger partial charge in [0.15, 0.2) is 5.96 Å². The van der Waals surface area contributed by atoms with Crippen LogP contribution >= 0.6 is 0 Å². The number of carbonyl (C=O) groups excluding carboxylic acids is 4. The third kappa shape index (κ3) is 8.75. The SMILES string of the molecule is NCC(=O)NC(CCC(N)=O)C(=O)N1CCC[C@H]1C(=O)NC(CCCN=C(N)N)C(=O)O. The molecule has 32 heavy (non-hydrogen) atoms. The summed E-state index contributed by atoms with van der Waals surface area (Å²) < 4.78 is 0. The average molecular weight is 457 g/mol. The van der Waals surface area contributed by atoms with Crippen molar-refractivity contribution in [2.75, 3.05) is 19.6 Å². The summed E-state index contributed by atoms with van der Waals surface area (Å²) in [6.07, 6.45) is 1.05. The van der Waals surface area contributed by atoms with Crippen LogP contribution in [0.2, 0.25) is 0 Å². The standard InChI is InChI=1S/C18H32N8O6/c19-9-14(28)24-10(5-6-13(20)27)16(30)26-8-2-4-12(26)15(29)25-11(17(31)32)3-1-7-23-18(21)22/h10-12H,1-9,19H2,(H2,20,27)(H,24,28)(H,25,29)(H,31,32)(H4,21,22,23)/t10?,11?,12-/m0/s1. The molecule has 14 nitrogen and oxygen atoms in total. The van der Waals surface area contributed by atoms with Gasteiger partial charge >= 0.3 is 5.97 Å². The predicted octanol–water partition coefficient (Wildman–Crippen LogP) is -3.69. The molecule has 1 saturated heterocycles. The van der Waals surface area contributed by atoms with Crippen LogP contribution in [-0.4, -0.2) is 83.3 Å². The van der Waals surface area contributed by atoms with Gasteiger partial charge in [0.05, 0.1) is 6.54 Å². The Balaban J connectivity index is 2.84. The number of carbonyl (C=O) groups is 5. The summed E-state index contributed by atoms with van der Waals surface area (Å²) in [7, 11) is 0. The molecule has 0 aromatic heterocycles. The molecule has 0 spiro atoms. The molecule has 0 saturated carbocycles. The van der Waals surface area contributed by atoms with Crippen LogP contribution in [0.25, 0.3) is 0 Å². The summed E-state index contributed by atoms with van der Waals surface area (Å²) in [5.41, 5.74) is 20.9. The van der Waals surface area contributed by atoms with E-state index in [0.29, 0.717) is 19.3 Å². The molecule has 4 amide bonds. The van der Waals surface area contributed by atoms with E-state index in [1.165, 1.54) is 4.90 Å². The summed E-state index contributed by atoms with van der Waals surface area (Å²) in [6.45, 7) is 0.0908. The van der Waals surface area contributed by atoms with E-state index in [9.17, 15) is 29.1 Å². The zero-order valence-electron chi connectivity index (χ0n) is 17.8. The van der Waals surface area contributed by atoms with Crippen LogP contribution in [-0.2, 0) is 24.0 Å². The molecule has 180 valence electrons. The van der Waals surface area contributed by atoms with Gasteiger partial charge in [0.2, 0.25) is 23.6 Å². The molecule has 1 fully saturated rings. The molecule has 0 aliphatic carbocycles. The number of guanidine groups is 1. The summed E-state index contributed by atoms with van der Waals surface area (Å²) in [4.78, 5) is 65.1. The van der Waals surface area contributed by atoms with E-state index in [4.69, 9.17) is 22.9 Å². The van der Waals surface area contributed by atoms with Gasteiger partial charge in [-0.3, -0.25) is 24.2 Å². The van der Waals surface area contributed by atoms with Crippen LogP contribution in [0.3, 0.4) is 0 Å². The highest BCUT2D eigenvalue weighted by Crippen LogP contribution is 2.20. The number of nitrogens with zero attached hydrogens (tertiary/aromatic N) is 2. The monoisotopic (exact) mass is 456 g/mol. The topological polar surface area (TPSA) is 249 Å². The number of aliphatic carboxylic acids is 1. The second-order valence-corrected chi connectivity index (χ2v) is 7.37. The fraction of sp³-hybridized carbons (Fsp3) is 0.667. The van der Waals surface area contributed by atoms with Crippen molar-refractivity contribution in [3.63, 3.8) is 0 Å². The fourth-order valence-corrected chi connectivity index (χ4v) is 3.33. The highest BCUT2D eigenvalue weighted by molar-refractivity contribution is 5.94. The molecule has 11 N–H and O–H groups in total. The van der Waals surface area contributed by atoms with Gasteiger partial charge in [0, 0.05) is 19.5 Å². The maximum atomic E-state index is 13.0. The lowest BCUT2D eigenvalue weighted by Gasteiger charge is -2.29. The van der Waals surface area contributed by atoms with E-state index >= 15 is 0 Å². The smallest absolute Gasteiger partial charge is 0.326 e. The molecular formula is C18H32N8O6. The summed E-state index contributed by atoms with van der Waals surface area (Å²) in [5, 5.41) is 14.3. The zero-order valence-corrected chi connectivity index (χ0v) is 17.8. The summed E-state index contributed by atoms with van der Waals surface area (Å²) in [5.74, 6) is -3.78.